The largest absolute Gasteiger partial charge is 0.352 e. The normalized spacial score (nSPS) is 10.4. The molecule has 0 aliphatic rings. The maximum absolute atomic E-state index is 12.0. The lowest BCUT2D eigenvalue weighted by molar-refractivity contribution is 0.0947. The smallest absolute Gasteiger partial charge is 0.253 e. The lowest BCUT2D eigenvalue weighted by atomic mass is 10.0. The number of para-hydroxylation sites is 1. The molecule has 4 N–H and O–H groups in total. The van der Waals surface area contributed by atoms with Crippen molar-refractivity contribution in [1.82, 2.24) is 5.32 Å². The van der Waals surface area contributed by atoms with Crippen molar-refractivity contribution >= 4 is 11.6 Å². The van der Waals surface area contributed by atoms with E-state index in [1.165, 1.54) is 0 Å². The fourth-order valence-corrected chi connectivity index (χ4v) is 1.72. The molecule has 1 aromatic carbocycles. The average molecular weight is 235 g/mol. The highest BCUT2D eigenvalue weighted by Gasteiger charge is 2.11. The van der Waals surface area contributed by atoms with Crippen molar-refractivity contribution in [3.63, 3.8) is 0 Å². The van der Waals surface area contributed by atoms with E-state index in [1.807, 2.05) is 12.1 Å². The van der Waals surface area contributed by atoms with Crippen molar-refractivity contribution in [2.75, 3.05) is 12.0 Å². The molecule has 0 radical (unpaired) electrons. The van der Waals surface area contributed by atoms with Crippen molar-refractivity contribution in [3.8, 4) is 0 Å². The average Bonchev–Trinajstić information content (AvgIpc) is 2.39. The second-order valence-corrected chi connectivity index (χ2v) is 4.08. The molecule has 0 bridgehead atoms. The van der Waals surface area contributed by atoms with Gasteiger partial charge in [0.1, 0.15) is 0 Å². The first-order valence-electron chi connectivity index (χ1n) is 6.06. The zero-order valence-electron chi connectivity index (χ0n) is 10.5. The lowest BCUT2D eigenvalue weighted by Crippen LogP contribution is -2.29. The van der Waals surface area contributed by atoms with Crippen LogP contribution in [-0.4, -0.2) is 12.5 Å². The number of rotatable bonds is 6. The first kappa shape index (κ1) is 13.5. The predicted octanol–water partition coefficient (Wildman–Crippen LogP) is 2.14. The summed E-state index contributed by atoms with van der Waals surface area (Å²) in [7, 11) is 0. The zero-order valence-corrected chi connectivity index (χ0v) is 10.5. The Labute approximate surface area is 103 Å². The molecule has 0 aromatic heterocycles. The van der Waals surface area contributed by atoms with E-state index in [0.29, 0.717) is 23.7 Å². The molecule has 1 amide bonds. The quantitative estimate of drug-likeness (QED) is 0.522. The molecule has 0 aliphatic heterocycles. The van der Waals surface area contributed by atoms with E-state index >= 15 is 0 Å². The highest BCUT2D eigenvalue weighted by atomic mass is 16.1. The summed E-state index contributed by atoms with van der Waals surface area (Å²) in [6, 6.07) is 7.21. The van der Waals surface area contributed by atoms with Gasteiger partial charge in [-0.15, -0.1) is 0 Å². The summed E-state index contributed by atoms with van der Waals surface area (Å²) in [6.07, 6.45) is 2.15. The summed E-state index contributed by atoms with van der Waals surface area (Å²) >= 11 is 0. The van der Waals surface area contributed by atoms with Gasteiger partial charge in [-0.1, -0.05) is 38.8 Å². The molecular formula is C13H21N3O. The molecule has 0 heterocycles. The summed E-state index contributed by atoms with van der Waals surface area (Å²) in [5, 5.41) is 2.94. The number of hydrogen-bond donors (Lipinski definition) is 3. The summed E-state index contributed by atoms with van der Waals surface area (Å²) in [6.45, 7) is 4.98. The van der Waals surface area contributed by atoms with E-state index in [0.717, 1.165) is 12.8 Å². The highest BCUT2D eigenvalue weighted by molar-refractivity contribution is 5.99. The van der Waals surface area contributed by atoms with Gasteiger partial charge in [0.05, 0.1) is 11.3 Å². The molecule has 1 rings (SSSR count). The Kier molecular flexibility index (Phi) is 5.49. The molecular weight excluding hydrogens is 214 g/mol. The first-order valence-corrected chi connectivity index (χ1v) is 6.06. The second kappa shape index (κ2) is 6.91. The van der Waals surface area contributed by atoms with Gasteiger partial charge in [-0.05, 0) is 18.1 Å². The SMILES string of the molecule is CCC(CC)CNC(=O)c1ccccc1NN. The van der Waals surface area contributed by atoms with Crippen LogP contribution in [0.3, 0.4) is 0 Å². The van der Waals surface area contributed by atoms with E-state index < -0.39 is 0 Å². The van der Waals surface area contributed by atoms with Crippen LogP contribution in [0, 0.1) is 5.92 Å². The van der Waals surface area contributed by atoms with Gasteiger partial charge in [0, 0.05) is 6.54 Å². The highest BCUT2D eigenvalue weighted by Crippen LogP contribution is 2.13. The van der Waals surface area contributed by atoms with Gasteiger partial charge < -0.3 is 10.7 Å². The molecule has 94 valence electrons. The summed E-state index contributed by atoms with van der Waals surface area (Å²) in [4.78, 5) is 12.0. The second-order valence-electron chi connectivity index (χ2n) is 4.08. The Morgan fingerprint density at radius 2 is 1.94 bits per heavy atom. The minimum atomic E-state index is -0.0783. The van der Waals surface area contributed by atoms with Crippen LogP contribution < -0.4 is 16.6 Å². The van der Waals surface area contributed by atoms with Crippen LogP contribution in [0.5, 0.6) is 0 Å². The Morgan fingerprint density at radius 1 is 1.29 bits per heavy atom. The van der Waals surface area contributed by atoms with E-state index in [-0.39, 0.29) is 5.91 Å². The molecule has 4 heteroatoms. The van der Waals surface area contributed by atoms with Gasteiger partial charge >= 0.3 is 0 Å². The van der Waals surface area contributed by atoms with Crippen LogP contribution in [0.25, 0.3) is 0 Å². The van der Waals surface area contributed by atoms with Crippen molar-refractivity contribution in [3.05, 3.63) is 29.8 Å². The first-order chi connectivity index (χ1) is 8.22. The summed E-state index contributed by atoms with van der Waals surface area (Å²) < 4.78 is 0. The van der Waals surface area contributed by atoms with E-state index in [2.05, 4.69) is 24.6 Å². The minimum Gasteiger partial charge on any atom is -0.352 e. The number of nitrogens with two attached hydrogens (primary N) is 1. The zero-order chi connectivity index (χ0) is 12.7. The Bertz CT molecular complexity index is 361. The number of hydrazine groups is 1. The summed E-state index contributed by atoms with van der Waals surface area (Å²) in [5.41, 5.74) is 3.76. The van der Waals surface area contributed by atoms with Crippen LogP contribution in [0.1, 0.15) is 37.0 Å². The Hall–Kier alpha value is -1.55. The monoisotopic (exact) mass is 235 g/mol. The Balaban J connectivity index is 2.63. The molecule has 0 spiro atoms. The molecule has 0 fully saturated rings. The van der Waals surface area contributed by atoms with Crippen molar-refractivity contribution < 1.29 is 4.79 Å². The topological polar surface area (TPSA) is 67.2 Å². The van der Waals surface area contributed by atoms with E-state index in [4.69, 9.17) is 5.84 Å². The summed E-state index contributed by atoms with van der Waals surface area (Å²) in [5.74, 6) is 5.83. The maximum Gasteiger partial charge on any atom is 0.253 e. The van der Waals surface area contributed by atoms with Gasteiger partial charge in [0.2, 0.25) is 0 Å². The lowest BCUT2D eigenvalue weighted by Gasteiger charge is -2.14. The van der Waals surface area contributed by atoms with Crippen LogP contribution in [0.4, 0.5) is 5.69 Å². The van der Waals surface area contributed by atoms with E-state index in [9.17, 15) is 4.79 Å². The number of hydrogen-bond acceptors (Lipinski definition) is 3. The molecule has 0 aliphatic carbocycles. The van der Waals surface area contributed by atoms with E-state index in [1.54, 1.807) is 12.1 Å². The minimum absolute atomic E-state index is 0.0783. The number of carbonyl (C=O) groups excluding carboxylic acids is 1. The molecule has 0 saturated carbocycles. The third-order valence-corrected chi connectivity index (χ3v) is 3.03. The van der Waals surface area contributed by atoms with Gasteiger partial charge in [-0.25, -0.2) is 0 Å². The van der Waals surface area contributed by atoms with Gasteiger partial charge in [0.15, 0.2) is 0 Å². The number of benzene rings is 1. The van der Waals surface area contributed by atoms with Gasteiger partial charge in [-0.3, -0.25) is 10.6 Å². The number of nitrogen functional groups attached to an aromatic ring is 1. The molecule has 4 nitrogen and oxygen atoms in total. The fourth-order valence-electron chi connectivity index (χ4n) is 1.72. The standard InChI is InChI=1S/C13H21N3O/c1-3-10(4-2)9-15-13(17)11-7-5-6-8-12(11)16-14/h5-8,10,16H,3-4,9,14H2,1-2H3,(H,15,17). The number of carbonyl (C=O) groups is 1. The van der Waals surface area contributed by atoms with Crippen LogP contribution >= 0.6 is 0 Å². The predicted molar refractivity (Wildman–Crippen MR) is 70.7 cm³/mol. The number of anilines is 1. The maximum atomic E-state index is 12.0. The van der Waals surface area contributed by atoms with Crippen molar-refractivity contribution in [2.45, 2.75) is 26.7 Å². The molecule has 0 unspecified atom stereocenters. The van der Waals surface area contributed by atoms with Crippen molar-refractivity contribution in [1.29, 1.82) is 0 Å². The number of nitrogens with one attached hydrogen (secondary N) is 2. The van der Waals surface area contributed by atoms with Gasteiger partial charge in [0.25, 0.3) is 5.91 Å². The van der Waals surface area contributed by atoms with Crippen LogP contribution in [-0.2, 0) is 0 Å². The third kappa shape index (κ3) is 3.75. The molecule has 0 saturated heterocycles. The molecule has 1 aromatic rings. The van der Waals surface area contributed by atoms with Gasteiger partial charge in [-0.2, -0.15) is 0 Å². The number of amides is 1. The molecule has 17 heavy (non-hydrogen) atoms. The van der Waals surface area contributed by atoms with Crippen LogP contribution in [0.2, 0.25) is 0 Å². The fraction of sp³-hybridized carbons (Fsp3) is 0.462. The van der Waals surface area contributed by atoms with Crippen LogP contribution in [0.15, 0.2) is 24.3 Å². The molecule has 0 atom stereocenters. The third-order valence-electron chi connectivity index (χ3n) is 3.03. The van der Waals surface area contributed by atoms with Crippen molar-refractivity contribution in [2.24, 2.45) is 11.8 Å². The Morgan fingerprint density at radius 3 is 2.53 bits per heavy atom.